The molecule has 1 saturated heterocycles. The van der Waals surface area contributed by atoms with E-state index in [9.17, 15) is 14.7 Å². The standard InChI is InChI=1S/C24H20N2O5/c1-14-11-17-12-16(4-5-19(17)31-14)22(27)20-21(15-6-8-25-9-7-15)26(24(29)23(20)28)13-18-3-2-10-30-18/h2-10,12,14,21,27H,11,13H2,1H3/b22-20-. The van der Waals surface area contributed by atoms with Gasteiger partial charge in [-0.2, -0.15) is 0 Å². The predicted molar refractivity (Wildman–Crippen MR) is 111 cm³/mol. The molecule has 7 nitrogen and oxygen atoms in total. The number of aliphatic hydroxyl groups excluding tert-OH is 1. The fraction of sp³-hybridized carbons (Fsp3) is 0.208. The van der Waals surface area contributed by atoms with Crippen LogP contribution in [0.5, 0.6) is 5.75 Å². The second kappa shape index (κ2) is 7.43. The lowest BCUT2D eigenvalue weighted by Crippen LogP contribution is -2.29. The fourth-order valence-electron chi connectivity index (χ4n) is 4.23. The van der Waals surface area contributed by atoms with E-state index in [1.165, 1.54) is 11.2 Å². The number of ketones is 1. The lowest BCUT2D eigenvalue weighted by Gasteiger charge is -2.24. The van der Waals surface area contributed by atoms with Gasteiger partial charge in [-0.3, -0.25) is 14.6 Å². The van der Waals surface area contributed by atoms with Crippen LogP contribution in [0.1, 0.15) is 35.4 Å². The van der Waals surface area contributed by atoms with E-state index >= 15 is 0 Å². The summed E-state index contributed by atoms with van der Waals surface area (Å²) in [6.07, 6.45) is 5.48. The van der Waals surface area contributed by atoms with Gasteiger partial charge in [0.05, 0.1) is 24.4 Å². The maximum absolute atomic E-state index is 13.0. The Morgan fingerprint density at radius 1 is 1.19 bits per heavy atom. The third-order valence-corrected chi connectivity index (χ3v) is 5.64. The van der Waals surface area contributed by atoms with E-state index in [0.29, 0.717) is 16.9 Å². The number of aromatic nitrogens is 1. The molecule has 1 amide bonds. The van der Waals surface area contributed by atoms with Gasteiger partial charge in [0, 0.05) is 24.4 Å². The van der Waals surface area contributed by atoms with Gasteiger partial charge in [0.25, 0.3) is 11.7 Å². The molecule has 2 aliphatic heterocycles. The smallest absolute Gasteiger partial charge is 0.296 e. The number of nitrogens with zero attached hydrogens (tertiary/aromatic N) is 2. The molecule has 3 aromatic rings. The molecular weight excluding hydrogens is 396 g/mol. The molecule has 0 spiro atoms. The van der Waals surface area contributed by atoms with Crippen molar-refractivity contribution in [1.82, 2.24) is 9.88 Å². The van der Waals surface area contributed by atoms with E-state index in [4.69, 9.17) is 9.15 Å². The zero-order valence-corrected chi connectivity index (χ0v) is 16.8. The topological polar surface area (TPSA) is 92.9 Å². The Hall–Kier alpha value is -3.87. The Kier molecular flexibility index (Phi) is 4.58. The minimum atomic E-state index is -0.753. The van der Waals surface area contributed by atoms with E-state index < -0.39 is 17.7 Å². The van der Waals surface area contributed by atoms with Gasteiger partial charge in [-0.1, -0.05) is 0 Å². The van der Waals surface area contributed by atoms with Crippen molar-refractivity contribution in [3.8, 4) is 5.75 Å². The van der Waals surface area contributed by atoms with E-state index in [0.717, 1.165) is 17.7 Å². The number of pyridine rings is 1. The van der Waals surface area contributed by atoms with Crippen molar-refractivity contribution in [3.63, 3.8) is 0 Å². The lowest BCUT2D eigenvalue weighted by atomic mass is 9.95. The summed E-state index contributed by atoms with van der Waals surface area (Å²) >= 11 is 0. The second-order valence-electron chi connectivity index (χ2n) is 7.74. The highest BCUT2D eigenvalue weighted by molar-refractivity contribution is 6.46. The Bertz CT molecular complexity index is 1180. The molecule has 1 aromatic carbocycles. The summed E-state index contributed by atoms with van der Waals surface area (Å²) in [7, 11) is 0. The summed E-state index contributed by atoms with van der Waals surface area (Å²) in [6.45, 7) is 2.08. The summed E-state index contributed by atoms with van der Waals surface area (Å²) in [5.74, 6) is -0.295. The highest BCUT2D eigenvalue weighted by atomic mass is 16.5. The zero-order valence-electron chi connectivity index (χ0n) is 16.8. The first-order valence-electron chi connectivity index (χ1n) is 10.0. The molecule has 1 N–H and O–H groups in total. The molecular formula is C24H20N2O5. The largest absolute Gasteiger partial charge is 0.507 e. The Morgan fingerprint density at radius 2 is 2.00 bits per heavy atom. The summed E-state index contributed by atoms with van der Waals surface area (Å²) < 4.78 is 11.1. The number of amides is 1. The van der Waals surface area contributed by atoms with Crippen molar-refractivity contribution in [2.45, 2.75) is 32.0 Å². The molecule has 156 valence electrons. The van der Waals surface area contributed by atoms with E-state index in [1.807, 2.05) is 13.0 Å². The number of carbonyl (C=O) groups excluding carboxylic acids is 2. The Balaban J connectivity index is 1.62. The number of fused-ring (bicyclic) bond motifs is 1. The molecule has 2 atom stereocenters. The average Bonchev–Trinajstić information content (AvgIpc) is 3.48. The van der Waals surface area contributed by atoms with Gasteiger partial charge >= 0.3 is 0 Å². The van der Waals surface area contributed by atoms with Crippen LogP contribution in [-0.4, -0.2) is 32.8 Å². The molecule has 2 unspecified atom stereocenters. The molecule has 7 heteroatoms. The number of carbonyl (C=O) groups is 2. The van der Waals surface area contributed by atoms with Gasteiger partial charge < -0.3 is 19.2 Å². The van der Waals surface area contributed by atoms with Gasteiger partial charge in [0.15, 0.2) is 0 Å². The van der Waals surface area contributed by atoms with E-state index in [1.54, 1.807) is 48.8 Å². The number of hydrogen-bond acceptors (Lipinski definition) is 6. The van der Waals surface area contributed by atoms with Crippen LogP contribution in [0, 0.1) is 0 Å². The van der Waals surface area contributed by atoms with Crippen LogP contribution >= 0.6 is 0 Å². The first-order chi connectivity index (χ1) is 15.0. The lowest BCUT2D eigenvalue weighted by molar-refractivity contribution is -0.140. The Labute approximate surface area is 178 Å². The summed E-state index contributed by atoms with van der Waals surface area (Å²) in [5, 5.41) is 11.2. The number of ether oxygens (including phenoxy) is 1. The number of benzene rings is 1. The highest BCUT2D eigenvalue weighted by Gasteiger charge is 2.46. The predicted octanol–water partition coefficient (Wildman–Crippen LogP) is 3.62. The molecule has 31 heavy (non-hydrogen) atoms. The van der Waals surface area contributed by atoms with Gasteiger partial charge in [0.2, 0.25) is 0 Å². The molecule has 4 heterocycles. The van der Waals surface area contributed by atoms with Gasteiger partial charge in [-0.05, 0) is 60.5 Å². The molecule has 0 bridgehead atoms. The van der Waals surface area contributed by atoms with Crippen molar-refractivity contribution in [1.29, 1.82) is 0 Å². The quantitative estimate of drug-likeness (QED) is 0.397. The molecule has 2 aliphatic rings. The number of likely N-dealkylation sites (tertiary alicyclic amines) is 1. The monoisotopic (exact) mass is 416 g/mol. The minimum absolute atomic E-state index is 0.0506. The second-order valence-corrected chi connectivity index (χ2v) is 7.74. The number of Topliss-reactive ketones (excluding diaryl/α,β-unsaturated/α-hetero) is 1. The normalized spacial score (nSPS) is 21.9. The van der Waals surface area contributed by atoms with Crippen molar-refractivity contribution < 1.29 is 23.8 Å². The molecule has 1 fully saturated rings. The van der Waals surface area contributed by atoms with Gasteiger partial charge in [0.1, 0.15) is 23.4 Å². The third kappa shape index (κ3) is 3.28. The van der Waals surface area contributed by atoms with Crippen LogP contribution in [-0.2, 0) is 22.6 Å². The third-order valence-electron chi connectivity index (χ3n) is 5.64. The maximum atomic E-state index is 13.0. The van der Waals surface area contributed by atoms with E-state index in [-0.39, 0.29) is 24.0 Å². The van der Waals surface area contributed by atoms with Crippen molar-refractivity contribution in [3.05, 3.63) is 89.1 Å². The summed E-state index contributed by atoms with van der Waals surface area (Å²) in [6, 6.07) is 11.5. The average molecular weight is 416 g/mol. The maximum Gasteiger partial charge on any atom is 0.296 e. The Morgan fingerprint density at radius 3 is 2.74 bits per heavy atom. The van der Waals surface area contributed by atoms with Crippen LogP contribution in [0.25, 0.3) is 5.76 Å². The molecule has 0 aliphatic carbocycles. The van der Waals surface area contributed by atoms with E-state index in [2.05, 4.69) is 4.98 Å². The summed E-state index contributed by atoms with van der Waals surface area (Å²) in [5.41, 5.74) is 2.17. The van der Waals surface area contributed by atoms with Crippen LogP contribution < -0.4 is 4.74 Å². The first-order valence-corrected chi connectivity index (χ1v) is 10.0. The summed E-state index contributed by atoms with van der Waals surface area (Å²) in [4.78, 5) is 31.4. The minimum Gasteiger partial charge on any atom is -0.507 e. The number of furan rings is 1. The van der Waals surface area contributed by atoms with Crippen LogP contribution in [0.2, 0.25) is 0 Å². The van der Waals surface area contributed by atoms with Crippen LogP contribution in [0.15, 0.2) is 71.1 Å². The van der Waals surface area contributed by atoms with Crippen molar-refractivity contribution >= 4 is 17.4 Å². The molecule has 0 saturated carbocycles. The molecule has 0 radical (unpaired) electrons. The number of hydrogen-bond donors (Lipinski definition) is 1. The molecule has 2 aromatic heterocycles. The highest BCUT2D eigenvalue weighted by Crippen LogP contribution is 2.41. The van der Waals surface area contributed by atoms with Gasteiger partial charge in [-0.15, -0.1) is 0 Å². The van der Waals surface area contributed by atoms with Crippen molar-refractivity contribution in [2.24, 2.45) is 0 Å². The number of rotatable bonds is 4. The van der Waals surface area contributed by atoms with Crippen molar-refractivity contribution in [2.75, 3.05) is 0 Å². The van der Waals surface area contributed by atoms with Crippen LogP contribution in [0.3, 0.4) is 0 Å². The first kappa shape index (κ1) is 19.1. The fourth-order valence-corrected chi connectivity index (χ4v) is 4.23. The zero-order chi connectivity index (χ0) is 21.5. The number of aliphatic hydroxyl groups is 1. The van der Waals surface area contributed by atoms with Gasteiger partial charge in [-0.25, -0.2) is 0 Å². The molecule has 5 rings (SSSR count). The van der Waals surface area contributed by atoms with Crippen LogP contribution in [0.4, 0.5) is 0 Å². The SMILES string of the molecule is CC1Cc2cc(/C(O)=C3/C(=O)C(=O)N(Cc4ccco4)C3c3ccncc3)ccc2O1.